The predicted molar refractivity (Wildman–Crippen MR) is 119 cm³/mol. The van der Waals surface area contributed by atoms with Crippen molar-refractivity contribution in [3.8, 4) is 11.3 Å². The Hall–Kier alpha value is -2.74. The van der Waals surface area contributed by atoms with Gasteiger partial charge in [-0.2, -0.15) is 5.10 Å². The Bertz CT molecular complexity index is 1110. The van der Waals surface area contributed by atoms with Gasteiger partial charge in [0.15, 0.2) is 5.65 Å². The molecular formula is C22H27N5O2S. The van der Waals surface area contributed by atoms with Crippen LogP contribution in [0.15, 0.2) is 18.3 Å². The molecule has 3 aromatic heterocycles. The highest BCUT2D eigenvalue weighted by Crippen LogP contribution is 2.32. The molecular weight excluding hydrogens is 398 g/mol. The Kier molecular flexibility index (Phi) is 5.60. The number of nitrogens with one attached hydrogen (secondary N) is 1. The largest absolute Gasteiger partial charge is 0.343 e. The molecule has 1 aliphatic heterocycles. The third kappa shape index (κ3) is 3.84. The van der Waals surface area contributed by atoms with Gasteiger partial charge in [-0.15, -0.1) is 11.3 Å². The van der Waals surface area contributed by atoms with Crippen LogP contribution in [0.2, 0.25) is 0 Å². The van der Waals surface area contributed by atoms with Crippen molar-refractivity contribution in [2.24, 2.45) is 0 Å². The van der Waals surface area contributed by atoms with Crippen molar-refractivity contribution in [1.29, 1.82) is 0 Å². The number of pyridine rings is 1. The first-order valence-corrected chi connectivity index (χ1v) is 11.2. The van der Waals surface area contributed by atoms with Crippen molar-refractivity contribution in [2.45, 2.75) is 46.6 Å². The molecule has 4 heterocycles. The summed E-state index contributed by atoms with van der Waals surface area (Å²) in [6, 6.07) is 4.03. The molecule has 1 saturated heterocycles. The highest BCUT2D eigenvalue weighted by molar-refractivity contribution is 7.12. The molecule has 0 saturated carbocycles. The molecule has 0 radical (unpaired) electrons. The lowest BCUT2D eigenvalue weighted by atomic mass is 10.1. The predicted octanol–water partition coefficient (Wildman–Crippen LogP) is 3.71. The van der Waals surface area contributed by atoms with Gasteiger partial charge in [-0.3, -0.25) is 9.59 Å². The second kappa shape index (κ2) is 8.18. The van der Waals surface area contributed by atoms with Crippen molar-refractivity contribution < 1.29 is 9.59 Å². The molecule has 0 spiro atoms. The van der Waals surface area contributed by atoms with Crippen LogP contribution in [0.1, 0.15) is 52.8 Å². The fraction of sp³-hybridized carbons (Fsp3) is 0.455. The Morgan fingerprint density at radius 2 is 1.93 bits per heavy atom. The number of hydrogen-bond donors (Lipinski definition) is 1. The fourth-order valence-corrected chi connectivity index (χ4v) is 4.87. The molecule has 4 rings (SSSR count). The minimum absolute atomic E-state index is 0.00683. The monoisotopic (exact) mass is 425 g/mol. The Morgan fingerprint density at radius 1 is 1.20 bits per heavy atom. The van der Waals surface area contributed by atoms with Crippen molar-refractivity contribution >= 4 is 34.2 Å². The maximum absolute atomic E-state index is 13.1. The molecule has 158 valence electrons. The number of likely N-dealkylation sites (tertiary alicyclic amines) is 1. The van der Waals surface area contributed by atoms with Gasteiger partial charge in [0.25, 0.3) is 5.91 Å². The fourth-order valence-electron chi connectivity index (χ4n) is 3.94. The van der Waals surface area contributed by atoms with Crippen molar-refractivity contribution in [3.05, 3.63) is 33.6 Å². The first-order chi connectivity index (χ1) is 14.3. The average Bonchev–Trinajstić information content (AvgIpc) is 3.44. The van der Waals surface area contributed by atoms with E-state index in [1.165, 1.54) is 4.88 Å². The van der Waals surface area contributed by atoms with E-state index >= 15 is 0 Å². The van der Waals surface area contributed by atoms with Crippen molar-refractivity contribution in [2.75, 3.05) is 19.6 Å². The van der Waals surface area contributed by atoms with Gasteiger partial charge < -0.3 is 10.2 Å². The highest BCUT2D eigenvalue weighted by Gasteiger charge is 2.22. The molecule has 3 aromatic rings. The number of rotatable bonds is 5. The van der Waals surface area contributed by atoms with Crippen LogP contribution < -0.4 is 5.32 Å². The van der Waals surface area contributed by atoms with E-state index in [4.69, 9.17) is 4.98 Å². The lowest BCUT2D eigenvalue weighted by Gasteiger charge is -2.16. The molecule has 1 N–H and O–H groups in total. The Morgan fingerprint density at radius 3 is 2.57 bits per heavy atom. The molecule has 7 nitrogen and oxygen atoms in total. The van der Waals surface area contributed by atoms with E-state index in [1.807, 2.05) is 29.5 Å². The number of nitrogens with zero attached hydrogens (tertiary/aromatic N) is 4. The third-order valence-electron chi connectivity index (χ3n) is 5.48. The van der Waals surface area contributed by atoms with E-state index in [-0.39, 0.29) is 24.4 Å². The molecule has 2 amide bonds. The van der Waals surface area contributed by atoms with Crippen LogP contribution >= 0.6 is 11.3 Å². The molecule has 0 aliphatic carbocycles. The Labute approximate surface area is 180 Å². The van der Waals surface area contributed by atoms with Gasteiger partial charge in [-0.25, -0.2) is 9.67 Å². The summed E-state index contributed by atoms with van der Waals surface area (Å²) >= 11 is 1.71. The minimum Gasteiger partial charge on any atom is -0.343 e. The Balaban J connectivity index is 1.71. The molecule has 0 unspecified atom stereocenters. The van der Waals surface area contributed by atoms with Gasteiger partial charge in [0.1, 0.15) is 0 Å². The van der Waals surface area contributed by atoms with Crippen LogP contribution in [-0.4, -0.2) is 51.1 Å². The number of carbonyl (C=O) groups excluding carboxylic acids is 2. The minimum atomic E-state index is -0.274. The quantitative estimate of drug-likeness (QED) is 0.676. The van der Waals surface area contributed by atoms with Gasteiger partial charge in [-0.1, -0.05) is 0 Å². The van der Waals surface area contributed by atoms with Gasteiger partial charge >= 0.3 is 0 Å². The molecule has 8 heteroatoms. The SMILES string of the molecule is Cc1cc(-c2cc(C(=O)NCC(=O)N3CCCC3)c3cnn(C(C)C)c3n2)c(C)s1. The number of fused-ring (bicyclic) bond motifs is 1. The zero-order valence-corrected chi connectivity index (χ0v) is 18.7. The summed E-state index contributed by atoms with van der Waals surface area (Å²) < 4.78 is 1.83. The summed E-state index contributed by atoms with van der Waals surface area (Å²) in [7, 11) is 0. The summed E-state index contributed by atoms with van der Waals surface area (Å²) in [6.07, 6.45) is 3.75. The van der Waals surface area contributed by atoms with Crippen LogP contribution in [0, 0.1) is 13.8 Å². The number of thiophene rings is 1. The first kappa shape index (κ1) is 20.5. The second-order valence-electron chi connectivity index (χ2n) is 8.07. The molecule has 0 bridgehead atoms. The topological polar surface area (TPSA) is 80.1 Å². The van der Waals surface area contributed by atoms with Crippen LogP contribution in [0.5, 0.6) is 0 Å². The van der Waals surface area contributed by atoms with Crippen LogP contribution in [0.3, 0.4) is 0 Å². The van der Waals surface area contributed by atoms with Crippen molar-refractivity contribution in [1.82, 2.24) is 25.0 Å². The average molecular weight is 426 g/mol. The molecule has 30 heavy (non-hydrogen) atoms. The molecule has 1 aliphatic rings. The third-order valence-corrected chi connectivity index (χ3v) is 6.44. The van der Waals surface area contributed by atoms with Crippen LogP contribution in [0.25, 0.3) is 22.3 Å². The van der Waals surface area contributed by atoms with E-state index in [0.29, 0.717) is 16.6 Å². The van der Waals surface area contributed by atoms with Gasteiger partial charge in [-0.05, 0) is 52.7 Å². The highest BCUT2D eigenvalue weighted by atomic mass is 32.1. The molecule has 0 aromatic carbocycles. The number of aryl methyl sites for hydroxylation is 2. The number of amides is 2. The lowest BCUT2D eigenvalue weighted by Crippen LogP contribution is -2.38. The standard InChI is InChI=1S/C22H27N5O2S/c1-13(2)27-21-18(11-24-27)17(10-19(25-21)16-9-14(3)30-15(16)4)22(29)23-12-20(28)26-7-5-6-8-26/h9-11,13H,5-8,12H2,1-4H3,(H,23,29). The maximum atomic E-state index is 13.1. The zero-order chi connectivity index (χ0) is 21.4. The maximum Gasteiger partial charge on any atom is 0.252 e. The van der Waals surface area contributed by atoms with E-state index in [1.54, 1.807) is 17.5 Å². The smallest absolute Gasteiger partial charge is 0.252 e. The summed E-state index contributed by atoms with van der Waals surface area (Å²) in [6.45, 7) is 9.76. The normalized spacial score (nSPS) is 14.1. The number of carbonyl (C=O) groups is 2. The van der Waals surface area contributed by atoms with Crippen LogP contribution in [0.4, 0.5) is 0 Å². The number of hydrogen-bond acceptors (Lipinski definition) is 5. The van der Waals surface area contributed by atoms with E-state index in [0.717, 1.165) is 42.1 Å². The van der Waals surface area contributed by atoms with Gasteiger partial charge in [0.05, 0.1) is 29.4 Å². The summed E-state index contributed by atoms with van der Waals surface area (Å²) in [5.74, 6) is -0.308. The van der Waals surface area contributed by atoms with E-state index in [2.05, 4.69) is 30.3 Å². The lowest BCUT2D eigenvalue weighted by molar-refractivity contribution is -0.129. The van der Waals surface area contributed by atoms with Crippen LogP contribution in [-0.2, 0) is 4.79 Å². The first-order valence-electron chi connectivity index (χ1n) is 10.4. The number of aromatic nitrogens is 3. The zero-order valence-electron chi connectivity index (χ0n) is 17.9. The van der Waals surface area contributed by atoms with Gasteiger partial charge in [0, 0.05) is 34.4 Å². The summed E-state index contributed by atoms with van der Waals surface area (Å²) in [5.41, 5.74) is 2.96. The molecule has 0 atom stereocenters. The summed E-state index contributed by atoms with van der Waals surface area (Å²) in [5, 5.41) is 7.97. The van der Waals surface area contributed by atoms with E-state index in [9.17, 15) is 9.59 Å². The molecule has 1 fully saturated rings. The van der Waals surface area contributed by atoms with Crippen molar-refractivity contribution in [3.63, 3.8) is 0 Å². The van der Waals surface area contributed by atoms with E-state index < -0.39 is 0 Å². The summed E-state index contributed by atoms with van der Waals surface area (Å²) in [4.78, 5) is 34.5. The van der Waals surface area contributed by atoms with Gasteiger partial charge in [0.2, 0.25) is 5.91 Å². The second-order valence-corrected chi connectivity index (χ2v) is 9.53.